The molecule has 5 heteroatoms. The molecule has 0 unspecified atom stereocenters. The molecule has 5 nitrogen and oxygen atoms in total. The van der Waals surface area contributed by atoms with Crippen LogP contribution in [0.4, 0.5) is 5.69 Å². The van der Waals surface area contributed by atoms with Crippen molar-refractivity contribution in [1.82, 2.24) is 9.97 Å². The van der Waals surface area contributed by atoms with Gasteiger partial charge < -0.3 is 15.2 Å². The summed E-state index contributed by atoms with van der Waals surface area (Å²) < 4.78 is 10.3. The van der Waals surface area contributed by atoms with Gasteiger partial charge in [-0.2, -0.15) is 4.98 Å². The molecule has 0 aliphatic heterocycles. The Bertz CT molecular complexity index is 529. The molecule has 2 aromatic heterocycles. The number of nitrogens with zero attached hydrogens (tertiary/aromatic N) is 2. The summed E-state index contributed by atoms with van der Waals surface area (Å²) in [4.78, 5) is 8.16. The Kier molecular flexibility index (Phi) is 3.09. The summed E-state index contributed by atoms with van der Waals surface area (Å²) in [7, 11) is 3.12. The van der Waals surface area contributed by atoms with Gasteiger partial charge in [-0.05, 0) is 12.1 Å². The van der Waals surface area contributed by atoms with Crippen LogP contribution in [-0.4, -0.2) is 24.2 Å². The van der Waals surface area contributed by atoms with Gasteiger partial charge >= 0.3 is 0 Å². The molecular weight excluding hydrogens is 218 g/mol. The molecular formula is C12H13N3O2. The van der Waals surface area contributed by atoms with Gasteiger partial charge in [0.2, 0.25) is 11.8 Å². The fourth-order valence-electron chi connectivity index (χ4n) is 1.55. The van der Waals surface area contributed by atoms with Crippen molar-refractivity contribution < 1.29 is 9.47 Å². The molecule has 0 aromatic carbocycles. The molecule has 0 amide bonds. The number of anilines is 1. The summed E-state index contributed by atoms with van der Waals surface area (Å²) in [5, 5.41) is 0. The quantitative estimate of drug-likeness (QED) is 0.871. The minimum Gasteiger partial charge on any atom is -0.481 e. The van der Waals surface area contributed by atoms with E-state index in [-0.39, 0.29) is 0 Å². The highest BCUT2D eigenvalue weighted by molar-refractivity contribution is 5.78. The number of nitrogen functional groups attached to an aromatic ring is 1. The molecule has 0 bridgehead atoms. The lowest BCUT2D eigenvalue weighted by Crippen LogP contribution is -1.97. The Labute approximate surface area is 99.2 Å². The topological polar surface area (TPSA) is 70.3 Å². The van der Waals surface area contributed by atoms with Gasteiger partial charge in [-0.25, -0.2) is 0 Å². The summed E-state index contributed by atoms with van der Waals surface area (Å²) in [5.41, 5.74) is 8.10. The highest BCUT2D eigenvalue weighted by Gasteiger charge is 2.11. The van der Waals surface area contributed by atoms with Gasteiger partial charge in [0, 0.05) is 23.4 Å². The Morgan fingerprint density at radius 1 is 1.06 bits per heavy atom. The first-order valence-electron chi connectivity index (χ1n) is 5.05. The van der Waals surface area contributed by atoms with E-state index in [2.05, 4.69) is 9.97 Å². The second kappa shape index (κ2) is 4.69. The number of ether oxygens (including phenoxy) is 2. The minimum absolute atomic E-state index is 0.474. The van der Waals surface area contributed by atoms with E-state index in [1.165, 1.54) is 0 Å². The highest BCUT2D eigenvalue weighted by atomic mass is 16.5. The molecule has 0 saturated carbocycles. The van der Waals surface area contributed by atoms with Crippen molar-refractivity contribution in [3.8, 4) is 22.9 Å². The maximum absolute atomic E-state index is 5.87. The van der Waals surface area contributed by atoms with Crippen molar-refractivity contribution in [2.24, 2.45) is 0 Å². The summed E-state index contributed by atoms with van der Waals surface area (Å²) in [6.07, 6.45) is 3.27. The Hall–Kier alpha value is -2.30. The summed E-state index contributed by atoms with van der Waals surface area (Å²) in [5.74, 6) is 0.973. The molecule has 0 saturated heterocycles. The van der Waals surface area contributed by atoms with Crippen LogP contribution in [0, 0.1) is 0 Å². The number of hydrogen-bond acceptors (Lipinski definition) is 5. The predicted molar refractivity (Wildman–Crippen MR) is 65.0 cm³/mol. The number of methoxy groups -OCH3 is 2. The van der Waals surface area contributed by atoms with E-state index in [0.29, 0.717) is 17.4 Å². The van der Waals surface area contributed by atoms with E-state index in [1.807, 2.05) is 12.1 Å². The van der Waals surface area contributed by atoms with Crippen molar-refractivity contribution >= 4 is 5.69 Å². The number of pyridine rings is 2. The normalized spacial score (nSPS) is 10.0. The monoisotopic (exact) mass is 231 g/mol. The second-order valence-corrected chi connectivity index (χ2v) is 3.37. The number of aromatic nitrogens is 2. The van der Waals surface area contributed by atoms with Crippen molar-refractivity contribution in [3.63, 3.8) is 0 Å². The van der Waals surface area contributed by atoms with E-state index in [1.54, 1.807) is 32.7 Å². The summed E-state index contributed by atoms with van der Waals surface area (Å²) in [6, 6.07) is 5.44. The summed E-state index contributed by atoms with van der Waals surface area (Å²) in [6.45, 7) is 0. The number of rotatable bonds is 3. The van der Waals surface area contributed by atoms with E-state index in [0.717, 1.165) is 11.1 Å². The highest BCUT2D eigenvalue weighted by Crippen LogP contribution is 2.33. The average Bonchev–Trinajstić information content (AvgIpc) is 2.38. The molecule has 0 aliphatic rings. The first-order valence-corrected chi connectivity index (χ1v) is 5.05. The van der Waals surface area contributed by atoms with Gasteiger partial charge in [0.15, 0.2) is 0 Å². The zero-order valence-electron chi connectivity index (χ0n) is 9.68. The van der Waals surface area contributed by atoms with Gasteiger partial charge in [0.25, 0.3) is 0 Å². The number of nitrogens with two attached hydrogens (primary N) is 1. The molecule has 17 heavy (non-hydrogen) atoms. The SMILES string of the molecule is COc1ccc(-c2ccncc2N)c(OC)n1. The smallest absolute Gasteiger partial charge is 0.224 e. The minimum atomic E-state index is 0.474. The third-order valence-electron chi connectivity index (χ3n) is 2.38. The van der Waals surface area contributed by atoms with Crippen LogP contribution >= 0.6 is 0 Å². The standard InChI is InChI=1S/C12H13N3O2/c1-16-11-4-3-9(12(15-11)17-2)8-5-6-14-7-10(8)13/h3-7H,13H2,1-2H3. The first-order chi connectivity index (χ1) is 8.26. The molecule has 2 heterocycles. The van der Waals surface area contributed by atoms with Crippen molar-refractivity contribution in [1.29, 1.82) is 0 Å². The van der Waals surface area contributed by atoms with Gasteiger partial charge in [0.1, 0.15) is 0 Å². The maximum Gasteiger partial charge on any atom is 0.224 e. The molecule has 2 aromatic rings. The number of hydrogen-bond donors (Lipinski definition) is 1. The van der Waals surface area contributed by atoms with Gasteiger partial charge in [0.05, 0.1) is 26.1 Å². The van der Waals surface area contributed by atoms with Crippen LogP contribution in [0.1, 0.15) is 0 Å². The van der Waals surface area contributed by atoms with Crippen LogP contribution in [0.25, 0.3) is 11.1 Å². The van der Waals surface area contributed by atoms with Crippen LogP contribution in [0.5, 0.6) is 11.8 Å². The third-order valence-corrected chi connectivity index (χ3v) is 2.38. The molecule has 0 fully saturated rings. The molecule has 0 aliphatic carbocycles. The molecule has 0 radical (unpaired) electrons. The van der Waals surface area contributed by atoms with Crippen LogP contribution in [0.3, 0.4) is 0 Å². The largest absolute Gasteiger partial charge is 0.481 e. The van der Waals surface area contributed by atoms with E-state index in [9.17, 15) is 0 Å². The van der Waals surface area contributed by atoms with Crippen molar-refractivity contribution in [2.75, 3.05) is 20.0 Å². The molecule has 0 spiro atoms. The van der Waals surface area contributed by atoms with Crippen LogP contribution in [0.2, 0.25) is 0 Å². The first kappa shape index (κ1) is 11.2. The Balaban J connectivity index is 2.56. The van der Waals surface area contributed by atoms with E-state index < -0.39 is 0 Å². The Morgan fingerprint density at radius 2 is 1.88 bits per heavy atom. The van der Waals surface area contributed by atoms with Gasteiger partial charge in [-0.3, -0.25) is 4.98 Å². The molecule has 2 N–H and O–H groups in total. The van der Waals surface area contributed by atoms with Crippen LogP contribution in [0.15, 0.2) is 30.6 Å². The van der Waals surface area contributed by atoms with Gasteiger partial charge in [-0.1, -0.05) is 0 Å². The lowest BCUT2D eigenvalue weighted by molar-refractivity contribution is 0.366. The zero-order chi connectivity index (χ0) is 12.3. The van der Waals surface area contributed by atoms with Crippen molar-refractivity contribution in [2.45, 2.75) is 0 Å². The zero-order valence-corrected chi connectivity index (χ0v) is 9.68. The average molecular weight is 231 g/mol. The molecule has 88 valence electrons. The van der Waals surface area contributed by atoms with Crippen LogP contribution < -0.4 is 15.2 Å². The van der Waals surface area contributed by atoms with Gasteiger partial charge in [-0.15, -0.1) is 0 Å². The second-order valence-electron chi connectivity index (χ2n) is 3.37. The molecule has 0 atom stereocenters. The fraction of sp³-hybridized carbons (Fsp3) is 0.167. The Morgan fingerprint density at radius 3 is 2.53 bits per heavy atom. The maximum atomic E-state index is 5.87. The van der Waals surface area contributed by atoms with E-state index >= 15 is 0 Å². The van der Waals surface area contributed by atoms with Crippen molar-refractivity contribution in [3.05, 3.63) is 30.6 Å². The predicted octanol–water partition coefficient (Wildman–Crippen LogP) is 1.74. The van der Waals surface area contributed by atoms with E-state index in [4.69, 9.17) is 15.2 Å². The lowest BCUT2D eigenvalue weighted by Gasteiger charge is -2.10. The summed E-state index contributed by atoms with van der Waals surface area (Å²) >= 11 is 0. The third kappa shape index (κ3) is 2.13. The fourth-order valence-corrected chi connectivity index (χ4v) is 1.55. The molecule has 2 rings (SSSR count). The van der Waals surface area contributed by atoms with Crippen LogP contribution in [-0.2, 0) is 0 Å². The lowest BCUT2D eigenvalue weighted by atomic mass is 10.1.